The van der Waals surface area contributed by atoms with Crippen molar-refractivity contribution in [1.29, 1.82) is 0 Å². The van der Waals surface area contributed by atoms with Crippen molar-refractivity contribution < 1.29 is 9.59 Å². The highest BCUT2D eigenvalue weighted by Gasteiger charge is 2.19. The van der Waals surface area contributed by atoms with Crippen LogP contribution in [0.5, 0.6) is 0 Å². The van der Waals surface area contributed by atoms with E-state index in [1.807, 2.05) is 55.6 Å². The molecule has 1 fully saturated rings. The summed E-state index contributed by atoms with van der Waals surface area (Å²) in [5.41, 5.74) is 7.70. The van der Waals surface area contributed by atoms with Gasteiger partial charge < -0.3 is 16.4 Å². The predicted molar refractivity (Wildman–Crippen MR) is 106 cm³/mol. The van der Waals surface area contributed by atoms with Gasteiger partial charge >= 0.3 is 0 Å². The molecule has 0 radical (unpaired) electrons. The van der Waals surface area contributed by atoms with Gasteiger partial charge in [0.05, 0.1) is 17.2 Å². The number of nitrogens with one attached hydrogen (secondary N) is 2. The molecule has 134 valence electrons. The van der Waals surface area contributed by atoms with Gasteiger partial charge in [-0.05, 0) is 23.6 Å². The highest BCUT2D eigenvalue weighted by molar-refractivity contribution is 8.19. The maximum absolute atomic E-state index is 12.0. The van der Waals surface area contributed by atoms with Gasteiger partial charge in [0, 0.05) is 17.2 Å². The van der Waals surface area contributed by atoms with Crippen molar-refractivity contribution >= 4 is 53.4 Å². The normalized spacial score (nSPS) is 15.7. The van der Waals surface area contributed by atoms with Crippen LogP contribution in [0.4, 0.5) is 5.69 Å². The van der Waals surface area contributed by atoms with Gasteiger partial charge in [-0.25, -0.2) is 0 Å². The number of benzene rings is 1. The van der Waals surface area contributed by atoms with Crippen LogP contribution in [0.2, 0.25) is 0 Å². The first-order valence-corrected chi connectivity index (χ1v) is 9.73. The molecule has 1 aliphatic rings. The van der Waals surface area contributed by atoms with E-state index in [2.05, 4.69) is 16.7 Å². The molecule has 0 aliphatic carbocycles. The van der Waals surface area contributed by atoms with Crippen molar-refractivity contribution in [2.45, 2.75) is 24.5 Å². The minimum atomic E-state index is -0.595. The highest BCUT2D eigenvalue weighted by Crippen LogP contribution is 2.45. The van der Waals surface area contributed by atoms with Crippen molar-refractivity contribution in [3.63, 3.8) is 0 Å². The molecule has 0 bridgehead atoms. The smallest absolute Gasteiger partial charge is 0.243 e. The molecular weight excluding hydrogens is 366 g/mol. The van der Waals surface area contributed by atoms with E-state index in [-0.39, 0.29) is 36.7 Å². The van der Waals surface area contributed by atoms with Crippen LogP contribution in [0.25, 0.3) is 0 Å². The van der Waals surface area contributed by atoms with Crippen LogP contribution in [0.15, 0.2) is 24.3 Å². The maximum Gasteiger partial charge on any atom is 0.243 e. The third kappa shape index (κ3) is 6.20. The lowest BCUT2D eigenvalue weighted by molar-refractivity contribution is -0.125. The third-order valence-corrected chi connectivity index (χ3v) is 6.61. The molecule has 0 spiro atoms. The van der Waals surface area contributed by atoms with Crippen molar-refractivity contribution in [1.82, 2.24) is 5.32 Å². The van der Waals surface area contributed by atoms with E-state index in [0.29, 0.717) is 4.58 Å². The first-order valence-electron chi connectivity index (χ1n) is 7.63. The fourth-order valence-corrected chi connectivity index (χ4v) is 4.95. The van der Waals surface area contributed by atoms with E-state index in [9.17, 15) is 9.59 Å². The average molecular weight is 390 g/mol. The first kappa shape index (κ1) is 21.2. The number of halogens is 1. The summed E-state index contributed by atoms with van der Waals surface area (Å²) in [5.74, 6) is 1.80. The van der Waals surface area contributed by atoms with Crippen molar-refractivity contribution in [3.05, 3.63) is 29.8 Å². The van der Waals surface area contributed by atoms with E-state index in [1.165, 1.54) is 5.56 Å². The summed E-state index contributed by atoms with van der Waals surface area (Å²) in [5, 5.41) is 5.39. The van der Waals surface area contributed by atoms with Gasteiger partial charge in [-0.3, -0.25) is 9.59 Å². The highest BCUT2D eigenvalue weighted by atomic mass is 35.5. The Labute approximate surface area is 157 Å². The summed E-state index contributed by atoms with van der Waals surface area (Å²) in [7, 11) is 0. The molecule has 1 aliphatic heterocycles. The molecule has 1 saturated heterocycles. The molecule has 1 heterocycles. The van der Waals surface area contributed by atoms with Crippen molar-refractivity contribution in [3.8, 4) is 0 Å². The summed E-state index contributed by atoms with van der Waals surface area (Å²) < 4.78 is 0.440. The minimum Gasteiger partial charge on any atom is -0.346 e. The molecule has 0 saturated carbocycles. The lowest BCUT2D eigenvalue weighted by atomic mass is 10.1. The molecule has 8 heteroatoms. The molecule has 1 aromatic rings. The average Bonchev–Trinajstić information content (AvgIpc) is 3.06. The van der Waals surface area contributed by atoms with Crippen LogP contribution in [0, 0.1) is 5.92 Å². The van der Waals surface area contributed by atoms with E-state index in [0.717, 1.165) is 17.2 Å². The number of nitrogens with two attached hydrogens (primary N) is 1. The molecule has 5 nitrogen and oxygen atoms in total. The maximum atomic E-state index is 12.0. The first-order chi connectivity index (χ1) is 11.0. The summed E-state index contributed by atoms with van der Waals surface area (Å²) in [6.45, 7) is 3.67. The van der Waals surface area contributed by atoms with Crippen molar-refractivity contribution in [2.24, 2.45) is 11.7 Å². The fraction of sp³-hybridized carbons (Fsp3) is 0.500. The van der Waals surface area contributed by atoms with Gasteiger partial charge in [0.25, 0.3) is 0 Å². The van der Waals surface area contributed by atoms with E-state index in [1.54, 1.807) is 0 Å². The second kappa shape index (κ2) is 10.2. The Bertz CT molecular complexity index is 566. The van der Waals surface area contributed by atoms with Gasteiger partial charge in [-0.1, -0.05) is 26.0 Å². The Morgan fingerprint density at radius 2 is 1.96 bits per heavy atom. The second-order valence-electron chi connectivity index (χ2n) is 5.73. The quantitative estimate of drug-likeness (QED) is 0.696. The van der Waals surface area contributed by atoms with E-state index in [4.69, 9.17) is 5.73 Å². The van der Waals surface area contributed by atoms with Gasteiger partial charge in [0.1, 0.15) is 0 Å². The number of carbonyl (C=O) groups is 2. The van der Waals surface area contributed by atoms with Crippen LogP contribution in [-0.4, -0.2) is 35.9 Å². The number of anilines is 1. The van der Waals surface area contributed by atoms with Gasteiger partial charge in [0.15, 0.2) is 0 Å². The van der Waals surface area contributed by atoms with E-state index >= 15 is 0 Å². The zero-order chi connectivity index (χ0) is 16.8. The van der Waals surface area contributed by atoms with E-state index < -0.39 is 6.04 Å². The Morgan fingerprint density at radius 1 is 1.29 bits per heavy atom. The van der Waals surface area contributed by atoms with Crippen LogP contribution < -0.4 is 16.4 Å². The lowest BCUT2D eigenvalue weighted by Crippen LogP contribution is -2.46. The zero-order valence-corrected chi connectivity index (χ0v) is 16.2. The lowest BCUT2D eigenvalue weighted by Gasteiger charge is -2.15. The number of rotatable bonds is 6. The summed E-state index contributed by atoms with van der Waals surface area (Å²) >= 11 is 3.84. The zero-order valence-electron chi connectivity index (χ0n) is 13.8. The number of amides is 2. The minimum absolute atomic E-state index is 0. The molecule has 2 amide bonds. The number of thioether (sulfide) groups is 2. The van der Waals surface area contributed by atoms with Crippen LogP contribution >= 0.6 is 35.9 Å². The Morgan fingerprint density at radius 3 is 2.58 bits per heavy atom. The molecule has 4 N–H and O–H groups in total. The van der Waals surface area contributed by atoms with Gasteiger partial charge in [-0.2, -0.15) is 0 Å². The Hall–Kier alpha value is -0.890. The van der Waals surface area contributed by atoms with Crippen molar-refractivity contribution in [2.75, 3.05) is 23.4 Å². The van der Waals surface area contributed by atoms with Gasteiger partial charge in [-0.15, -0.1) is 35.9 Å². The molecule has 0 unspecified atom stereocenters. The van der Waals surface area contributed by atoms with Crippen LogP contribution in [0.1, 0.15) is 24.0 Å². The molecule has 1 aromatic carbocycles. The van der Waals surface area contributed by atoms with Crippen LogP contribution in [0.3, 0.4) is 0 Å². The van der Waals surface area contributed by atoms with Gasteiger partial charge in [0.2, 0.25) is 11.8 Å². The second-order valence-corrected chi connectivity index (χ2v) is 8.46. The monoisotopic (exact) mass is 389 g/mol. The summed E-state index contributed by atoms with van der Waals surface area (Å²) in [6, 6.07) is 7.28. The fourth-order valence-electron chi connectivity index (χ4n) is 2.11. The van der Waals surface area contributed by atoms with Crippen LogP contribution in [-0.2, 0) is 9.59 Å². The molecule has 1 atom stereocenters. The molecule has 24 heavy (non-hydrogen) atoms. The molecular formula is C16H24ClN3O2S2. The standard InChI is InChI=1S/C16H23N3O2S2.ClH/c1-10(2)14(17)15(21)18-9-13(20)19-12-5-3-4-11(8-12)16-22-6-7-23-16;/h3-5,8,10,14,16H,6-7,9,17H2,1-2H3,(H,18,21)(H,19,20);1H/t14-;/m0./s1. The summed E-state index contributed by atoms with van der Waals surface area (Å²) in [4.78, 5) is 23.7. The SMILES string of the molecule is CC(C)[C@H](N)C(=O)NCC(=O)Nc1cccc(C2SCCS2)c1.Cl. The third-order valence-electron chi connectivity index (χ3n) is 3.51. The number of hydrogen-bond acceptors (Lipinski definition) is 5. The molecule has 0 aromatic heterocycles. The Kier molecular flexibility index (Phi) is 8.97. The number of carbonyl (C=O) groups excluding carboxylic acids is 2. The largest absolute Gasteiger partial charge is 0.346 e. The Balaban J connectivity index is 0.00000288. The predicted octanol–water partition coefficient (Wildman–Crippen LogP) is 2.63. The topological polar surface area (TPSA) is 84.2 Å². The molecule has 2 rings (SSSR count). The summed E-state index contributed by atoms with van der Waals surface area (Å²) in [6.07, 6.45) is 0. The number of hydrogen-bond donors (Lipinski definition) is 3.